The van der Waals surface area contributed by atoms with Crippen LogP contribution in [0.25, 0.3) is 11.4 Å². The number of benzene rings is 2. The number of anilines is 1. The van der Waals surface area contributed by atoms with Gasteiger partial charge >= 0.3 is 0 Å². The molecule has 0 unspecified atom stereocenters. The Morgan fingerprint density at radius 3 is 2.62 bits per heavy atom. The summed E-state index contributed by atoms with van der Waals surface area (Å²) >= 11 is 0. The molecular formula is C23H24FN3O5. The molecule has 2 N–H and O–H groups in total. The van der Waals surface area contributed by atoms with Gasteiger partial charge in [-0.05, 0) is 31.2 Å². The van der Waals surface area contributed by atoms with E-state index in [-0.39, 0.29) is 25.4 Å². The molecule has 0 spiro atoms. The highest BCUT2D eigenvalue weighted by Gasteiger charge is 2.19. The Bertz CT molecular complexity index is 1190. The molecule has 0 aliphatic carbocycles. The zero-order valence-corrected chi connectivity index (χ0v) is 18.0. The fraction of sp³-hybridized carbons (Fsp3) is 0.261. The zero-order valence-electron chi connectivity index (χ0n) is 18.0. The largest absolute Gasteiger partial charge is 0.497 e. The Labute approximate surface area is 184 Å². The van der Waals surface area contributed by atoms with E-state index in [1.165, 1.54) is 37.0 Å². The Morgan fingerprint density at radius 1 is 1.19 bits per heavy atom. The summed E-state index contributed by atoms with van der Waals surface area (Å²) in [5.41, 5.74) is 0.992. The van der Waals surface area contributed by atoms with E-state index in [1.807, 2.05) is 0 Å². The third-order valence-corrected chi connectivity index (χ3v) is 4.90. The number of nitrogens with one attached hydrogen (secondary N) is 1. The van der Waals surface area contributed by atoms with Crippen LogP contribution in [0.5, 0.6) is 11.5 Å². The van der Waals surface area contributed by atoms with Gasteiger partial charge in [-0.15, -0.1) is 0 Å². The van der Waals surface area contributed by atoms with Crippen LogP contribution < -0.4 is 20.3 Å². The van der Waals surface area contributed by atoms with Gasteiger partial charge in [-0.3, -0.25) is 14.2 Å². The first-order valence-electron chi connectivity index (χ1n) is 9.87. The summed E-state index contributed by atoms with van der Waals surface area (Å²) in [6, 6.07) is 10.5. The third kappa shape index (κ3) is 4.94. The Morgan fingerprint density at radius 2 is 1.97 bits per heavy atom. The number of carbonyl (C=O) groups excluding carboxylic acids is 1. The molecule has 3 aromatic rings. The fourth-order valence-corrected chi connectivity index (χ4v) is 3.33. The molecule has 1 heterocycles. The molecule has 0 aliphatic rings. The van der Waals surface area contributed by atoms with Gasteiger partial charge in [-0.25, -0.2) is 9.37 Å². The van der Waals surface area contributed by atoms with Crippen molar-refractivity contribution in [2.24, 2.45) is 0 Å². The minimum Gasteiger partial charge on any atom is -0.497 e. The first-order chi connectivity index (χ1) is 15.4. The summed E-state index contributed by atoms with van der Waals surface area (Å²) < 4.78 is 25.5. The predicted octanol–water partition coefficient (Wildman–Crippen LogP) is 2.55. The van der Waals surface area contributed by atoms with Crippen molar-refractivity contribution in [2.45, 2.75) is 19.9 Å². The van der Waals surface area contributed by atoms with Gasteiger partial charge in [0.2, 0.25) is 5.91 Å². The number of carbonyl (C=O) groups is 1. The summed E-state index contributed by atoms with van der Waals surface area (Å²) in [6.07, 6.45) is 0.0923. The highest BCUT2D eigenvalue weighted by molar-refractivity contribution is 5.92. The van der Waals surface area contributed by atoms with E-state index >= 15 is 0 Å². The summed E-state index contributed by atoms with van der Waals surface area (Å²) in [5.74, 6) is 0.103. The molecule has 1 amide bonds. The Balaban J connectivity index is 2.01. The van der Waals surface area contributed by atoms with Crippen molar-refractivity contribution in [3.63, 3.8) is 0 Å². The lowest BCUT2D eigenvalue weighted by molar-refractivity contribution is -0.116. The van der Waals surface area contributed by atoms with Crippen molar-refractivity contribution >= 4 is 11.6 Å². The maximum Gasteiger partial charge on any atom is 0.257 e. The summed E-state index contributed by atoms with van der Waals surface area (Å²) in [6.45, 7) is 1.03. The van der Waals surface area contributed by atoms with E-state index in [0.29, 0.717) is 34.0 Å². The number of nitrogens with zero attached hydrogens (tertiary/aromatic N) is 2. The molecule has 32 heavy (non-hydrogen) atoms. The molecule has 0 radical (unpaired) electrons. The first-order valence-corrected chi connectivity index (χ1v) is 9.87. The number of aromatic nitrogens is 2. The second-order valence-corrected chi connectivity index (χ2v) is 6.99. The van der Waals surface area contributed by atoms with Gasteiger partial charge in [0.1, 0.15) is 29.7 Å². The smallest absolute Gasteiger partial charge is 0.257 e. The molecule has 3 rings (SSSR count). The fourth-order valence-electron chi connectivity index (χ4n) is 3.33. The molecule has 0 bridgehead atoms. The second kappa shape index (κ2) is 10.1. The van der Waals surface area contributed by atoms with Gasteiger partial charge in [0.15, 0.2) is 0 Å². The maximum absolute atomic E-state index is 13.8. The zero-order chi connectivity index (χ0) is 23.3. The van der Waals surface area contributed by atoms with Gasteiger partial charge in [0.25, 0.3) is 5.56 Å². The number of aliphatic hydroxyl groups excluding tert-OH is 1. The molecule has 0 saturated carbocycles. The molecule has 0 saturated heterocycles. The van der Waals surface area contributed by atoms with Crippen LogP contribution in [0.2, 0.25) is 0 Å². The number of aliphatic hydroxyl groups is 1. The van der Waals surface area contributed by atoms with E-state index in [0.717, 1.165) is 0 Å². The number of hydrogen-bond acceptors (Lipinski definition) is 6. The van der Waals surface area contributed by atoms with Crippen molar-refractivity contribution in [1.82, 2.24) is 9.55 Å². The predicted molar refractivity (Wildman–Crippen MR) is 118 cm³/mol. The summed E-state index contributed by atoms with van der Waals surface area (Å²) in [7, 11) is 2.98. The number of amides is 1. The van der Waals surface area contributed by atoms with Crippen molar-refractivity contribution in [2.75, 3.05) is 26.1 Å². The molecule has 168 valence electrons. The van der Waals surface area contributed by atoms with Gasteiger partial charge in [-0.1, -0.05) is 12.1 Å². The highest BCUT2D eigenvalue weighted by atomic mass is 19.1. The second-order valence-electron chi connectivity index (χ2n) is 6.99. The number of ether oxygens (including phenoxy) is 2. The van der Waals surface area contributed by atoms with Crippen LogP contribution in [0, 0.1) is 12.7 Å². The van der Waals surface area contributed by atoms with Gasteiger partial charge < -0.3 is 19.9 Å². The van der Waals surface area contributed by atoms with Crippen LogP contribution in [0.1, 0.15) is 11.3 Å². The minimum absolute atomic E-state index is 0.0923. The van der Waals surface area contributed by atoms with Crippen molar-refractivity contribution < 1.29 is 23.8 Å². The van der Waals surface area contributed by atoms with E-state index in [9.17, 15) is 19.1 Å². The minimum atomic E-state index is -0.506. The van der Waals surface area contributed by atoms with Crippen LogP contribution in [-0.2, 0) is 17.8 Å². The molecule has 0 fully saturated rings. The van der Waals surface area contributed by atoms with Crippen LogP contribution >= 0.6 is 0 Å². The van der Waals surface area contributed by atoms with Gasteiger partial charge in [0.05, 0.1) is 19.9 Å². The molecule has 9 heteroatoms. The number of hydrogen-bond donors (Lipinski definition) is 2. The maximum atomic E-state index is 13.8. The molecule has 0 atom stereocenters. The quantitative estimate of drug-likeness (QED) is 0.557. The molecule has 2 aromatic carbocycles. The van der Waals surface area contributed by atoms with E-state index in [4.69, 9.17) is 9.47 Å². The number of methoxy groups -OCH3 is 2. The van der Waals surface area contributed by atoms with E-state index < -0.39 is 17.3 Å². The van der Waals surface area contributed by atoms with Crippen molar-refractivity contribution in [3.8, 4) is 22.9 Å². The third-order valence-electron chi connectivity index (χ3n) is 4.90. The number of aryl methyl sites for hydroxylation is 1. The Kier molecular flexibility index (Phi) is 7.21. The lowest BCUT2D eigenvalue weighted by Crippen LogP contribution is -2.33. The number of halogens is 1. The molecular weight excluding hydrogens is 417 g/mol. The van der Waals surface area contributed by atoms with E-state index in [1.54, 1.807) is 31.2 Å². The molecule has 0 aliphatic heterocycles. The van der Waals surface area contributed by atoms with Gasteiger partial charge in [-0.2, -0.15) is 0 Å². The van der Waals surface area contributed by atoms with Crippen LogP contribution in [-0.4, -0.2) is 41.4 Å². The molecule has 8 nitrogen and oxygen atoms in total. The van der Waals surface area contributed by atoms with Crippen molar-refractivity contribution in [3.05, 3.63) is 69.9 Å². The van der Waals surface area contributed by atoms with Gasteiger partial charge in [0, 0.05) is 35.9 Å². The summed E-state index contributed by atoms with van der Waals surface area (Å²) in [4.78, 5) is 30.4. The topological polar surface area (TPSA) is 103 Å². The van der Waals surface area contributed by atoms with Crippen molar-refractivity contribution in [1.29, 1.82) is 0 Å². The van der Waals surface area contributed by atoms with Crippen LogP contribution in [0.3, 0.4) is 0 Å². The normalized spacial score (nSPS) is 10.7. The Hall–Kier alpha value is -3.72. The summed E-state index contributed by atoms with van der Waals surface area (Å²) in [5, 5.41) is 12.0. The molecule has 1 aromatic heterocycles. The van der Waals surface area contributed by atoms with E-state index in [2.05, 4.69) is 10.3 Å². The first kappa shape index (κ1) is 23.0. The van der Waals surface area contributed by atoms with Crippen LogP contribution in [0.4, 0.5) is 10.1 Å². The monoisotopic (exact) mass is 441 g/mol. The lowest BCUT2D eigenvalue weighted by Gasteiger charge is -2.16. The lowest BCUT2D eigenvalue weighted by atomic mass is 10.1. The average Bonchev–Trinajstić information content (AvgIpc) is 2.78. The van der Waals surface area contributed by atoms with Crippen LogP contribution in [0.15, 0.2) is 47.3 Å². The average molecular weight is 441 g/mol. The highest BCUT2D eigenvalue weighted by Crippen LogP contribution is 2.29. The SMILES string of the molecule is COc1ccc(NC(=O)Cn2c(-c3cccc(F)c3)nc(C)c(CCO)c2=O)c(OC)c1. The number of rotatable bonds is 8. The standard InChI is InChI=1S/C23H24FN3O5/c1-14-18(9-10-28)23(30)27(22(25-14)15-5-4-6-16(24)11-15)13-21(29)26-19-8-7-17(31-2)12-20(19)32-3/h4-8,11-12,28H,9-10,13H2,1-3H3,(H,26,29).